The van der Waals surface area contributed by atoms with E-state index in [1.54, 1.807) is 13.2 Å². The molecule has 6 heteroatoms. The van der Waals surface area contributed by atoms with Gasteiger partial charge in [0.2, 0.25) is 10.0 Å². The van der Waals surface area contributed by atoms with Crippen LogP contribution in [0.2, 0.25) is 0 Å². The van der Waals surface area contributed by atoms with Crippen LogP contribution < -0.4 is 9.46 Å². The zero-order chi connectivity index (χ0) is 19.1. The molecule has 0 aliphatic carbocycles. The fourth-order valence-corrected chi connectivity index (χ4v) is 4.22. The molecule has 1 atom stereocenters. The molecular weight excluding hydrogens is 360 g/mol. The maximum Gasteiger partial charge on any atom is 0.233 e. The molecule has 1 unspecified atom stereocenters. The number of likely N-dealkylation sites (tertiary alicyclic amines) is 1. The molecule has 2 aromatic rings. The Morgan fingerprint density at radius 3 is 2.59 bits per heavy atom. The third-order valence-electron chi connectivity index (χ3n) is 4.81. The van der Waals surface area contributed by atoms with Gasteiger partial charge in [0, 0.05) is 24.5 Å². The molecule has 1 saturated heterocycles. The topological polar surface area (TPSA) is 58.6 Å². The van der Waals surface area contributed by atoms with Crippen LogP contribution in [0.15, 0.2) is 60.0 Å². The molecule has 144 valence electrons. The number of rotatable bonds is 8. The van der Waals surface area contributed by atoms with Gasteiger partial charge in [-0.25, -0.2) is 13.1 Å². The molecule has 0 amide bonds. The second-order valence-corrected chi connectivity index (χ2v) is 8.27. The maximum absolute atomic E-state index is 12.2. The minimum absolute atomic E-state index is 0.334. The van der Waals surface area contributed by atoms with E-state index in [0.717, 1.165) is 30.7 Å². The summed E-state index contributed by atoms with van der Waals surface area (Å²) < 4.78 is 32.2. The Hall–Kier alpha value is -2.15. The van der Waals surface area contributed by atoms with Crippen molar-refractivity contribution in [3.8, 4) is 5.75 Å². The number of hydrogen-bond acceptors (Lipinski definition) is 4. The fourth-order valence-electron chi connectivity index (χ4n) is 3.41. The van der Waals surface area contributed by atoms with Crippen molar-refractivity contribution in [3.05, 3.63) is 71.1 Å². The van der Waals surface area contributed by atoms with Gasteiger partial charge in [0.15, 0.2) is 0 Å². The van der Waals surface area contributed by atoms with Crippen LogP contribution in [-0.2, 0) is 10.0 Å². The molecule has 0 saturated carbocycles. The lowest BCUT2D eigenvalue weighted by atomic mass is 10.0. The summed E-state index contributed by atoms with van der Waals surface area (Å²) in [7, 11) is -1.77. The van der Waals surface area contributed by atoms with Crippen LogP contribution in [0.1, 0.15) is 30.0 Å². The highest BCUT2D eigenvalue weighted by Gasteiger charge is 2.25. The molecule has 27 heavy (non-hydrogen) atoms. The number of ether oxygens (including phenoxy) is 1. The van der Waals surface area contributed by atoms with E-state index in [-0.39, 0.29) is 0 Å². The first kappa shape index (κ1) is 19.6. The summed E-state index contributed by atoms with van der Waals surface area (Å²) in [5, 5.41) is 1.23. The molecule has 2 aromatic carbocycles. The highest BCUT2D eigenvalue weighted by molar-refractivity contribution is 7.92. The average Bonchev–Trinajstić information content (AvgIpc) is 3.16. The molecule has 1 aliphatic heterocycles. The summed E-state index contributed by atoms with van der Waals surface area (Å²) in [6, 6.07) is 17.9. The van der Waals surface area contributed by atoms with Crippen molar-refractivity contribution in [1.82, 2.24) is 9.62 Å². The smallest absolute Gasteiger partial charge is 0.233 e. The van der Waals surface area contributed by atoms with Crippen LogP contribution in [0.5, 0.6) is 5.75 Å². The van der Waals surface area contributed by atoms with E-state index in [1.165, 1.54) is 11.0 Å². The lowest BCUT2D eigenvalue weighted by Gasteiger charge is -2.25. The Kier molecular flexibility index (Phi) is 6.66. The highest BCUT2D eigenvalue weighted by Crippen LogP contribution is 2.32. The minimum Gasteiger partial charge on any atom is -0.497 e. The van der Waals surface area contributed by atoms with Crippen molar-refractivity contribution in [3.63, 3.8) is 0 Å². The molecule has 0 aromatic heterocycles. The zero-order valence-corrected chi connectivity index (χ0v) is 16.4. The summed E-state index contributed by atoms with van der Waals surface area (Å²) in [5.74, 6) is 0.848. The van der Waals surface area contributed by atoms with E-state index in [9.17, 15) is 8.42 Å². The summed E-state index contributed by atoms with van der Waals surface area (Å²) in [4.78, 5) is 2.34. The van der Waals surface area contributed by atoms with Gasteiger partial charge in [-0.15, -0.1) is 0 Å². The largest absolute Gasteiger partial charge is 0.497 e. The number of hydrogen-bond donors (Lipinski definition) is 1. The van der Waals surface area contributed by atoms with E-state index >= 15 is 0 Å². The van der Waals surface area contributed by atoms with Gasteiger partial charge in [-0.1, -0.05) is 42.5 Å². The van der Waals surface area contributed by atoms with Crippen LogP contribution in [-0.4, -0.2) is 40.1 Å². The predicted molar refractivity (Wildman–Crippen MR) is 109 cm³/mol. The van der Waals surface area contributed by atoms with Crippen molar-refractivity contribution in [2.45, 2.75) is 18.9 Å². The zero-order valence-electron chi connectivity index (χ0n) is 15.5. The molecule has 1 N–H and O–H groups in total. The van der Waals surface area contributed by atoms with Crippen molar-refractivity contribution < 1.29 is 13.2 Å². The first-order valence-electron chi connectivity index (χ1n) is 9.18. The molecule has 1 aliphatic rings. The SMILES string of the molecule is COc1ccc(C2CCCN2CCNS(=O)(=O)/C=C/c2ccccc2)cc1. The van der Waals surface area contributed by atoms with Gasteiger partial charge in [-0.05, 0) is 48.7 Å². The molecule has 1 heterocycles. The fraction of sp³-hybridized carbons (Fsp3) is 0.333. The van der Waals surface area contributed by atoms with Crippen LogP contribution in [0, 0.1) is 0 Å². The third-order valence-corrected chi connectivity index (χ3v) is 5.91. The Balaban J connectivity index is 1.53. The van der Waals surface area contributed by atoms with E-state index in [4.69, 9.17) is 4.74 Å². The molecule has 0 bridgehead atoms. The summed E-state index contributed by atoms with van der Waals surface area (Å²) in [6.45, 7) is 2.07. The van der Waals surface area contributed by atoms with E-state index < -0.39 is 10.0 Å². The Morgan fingerprint density at radius 2 is 1.89 bits per heavy atom. The van der Waals surface area contributed by atoms with Gasteiger partial charge >= 0.3 is 0 Å². The van der Waals surface area contributed by atoms with Gasteiger partial charge in [0.05, 0.1) is 7.11 Å². The standard InChI is InChI=1S/C21H26N2O3S/c1-26-20-11-9-19(10-12-20)21-8-5-15-23(21)16-14-22-27(24,25)17-13-18-6-3-2-4-7-18/h2-4,6-7,9-13,17,21-22H,5,8,14-16H2,1H3/b17-13+. The van der Waals surface area contributed by atoms with Gasteiger partial charge in [-0.3, -0.25) is 4.90 Å². The molecule has 0 radical (unpaired) electrons. The summed E-state index contributed by atoms with van der Waals surface area (Å²) in [6.07, 6.45) is 3.82. The molecule has 3 rings (SSSR count). The van der Waals surface area contributed by atoms with Crippen molar-refractivity contribution >= 4 is 16.1 Å². The monoisotopic (exact) mass is 386 g/mol. The molecule has 0 spiro atoms. The molecule has 1 fully saturated rings. The number of sulfonamides is 1. The Bertz CT molecular complexity index is 849. The summed E-state index contributed by atoms with van der Waals surface area (Å²) >= 11 is 0. The number of nitrogens with zero attached hydrogens (tertiary/aromatic N) is 1. The predicted octanol–water partition coefficient (Wildman–Crippen LogP) is 3.42. The van der Waals surface area contributed by atoms with Crippen molar-refractivity contribution in [1.29, 1.82) is 0 Å². The van der Waals surface area contributed by atoms with E-state index in [1.807, 2.05) is 42.5 Å². The van der Waals surface area contributed by atoms with Crippen LogP contribution in [0.25, 0.3) is 6.08 Å². The summed E-state index contributed by atoms with van der Waals surface area (Å²) in [5.41, 5.74) is 2.11. The maximum atomic E-state index is 12.2. The van der Waals surface area contributed by atoms with Crippen molar-refractivity contribution in [2.75, 3.05) is 26.7 Å². The molecular formula is C21H26N2O3S. The highest BCUT2D eigenvalue weighted by atomic mass is 32.2. The van der Waals surface area contributed by atoms with Crippen LogP contribution >= 0.6 is 0 Å². The normalized spacial score (nSPS) is 18.2. The second kappa shape index (κ2) is 9.17. The number of nitrogens with one attached hydrogen (secondary N) is 1. The number of benzene rings is 2. The first-order chi connectivity index (χ1) is 13.1. The minimum atomic E-state index is -3.44. The van der Waals surface area contributed by atoms with Gasteiger partial charge in [0.1, 0.15) is 5.75 Å². The van der Waals surface area contributed by atoms with Crippen LogP contribution in [0.4, 0.5) is 0 Å². The lowest BCUT2D eigenvalue weighted by Crippen LogP contribution is -2.34. The Morgan fingerprint density at radius 1 is 1.15 bits per heavy atom. The molecule has 5 nitrogen and oxygen atoms in total. The number of methoxy groups -OCH3 is 1. The Labute approximate surface area is 161 Å². The van der Waals surface area contributed by atoms with Crippen LogP contribution in [0.3, 0.4) is 0 Å². The quantitative estimate of drug-likeness (QED) is 0.755. The van der Waals surface area contributed by atoms with Crippen molar-refractivity contribution in [2.24, 2.45) is 0 Å². The average molecular weight is 387 g/mol. The second-order valence-electron chi connectivity index (χ2n) is 6.62. The first-order valence-corrected chi connectivity index (χ1v) is 10.7. The van der Waals surface area contributed by atoms with E-state index in [0.29, 0.717) is 19.1 Å². The van der Waals surface area contributed by atoms with Gasteiger partial charge < -0.3 is 4.74 Å². The van der Waals surface area contributed by atoms with E-state index in [2.05, 4.69) is 21.8 Å². The lowest BCUT2D eigenvalue weighted by molar-refractivity contribution is 0.262. The van der Waals surface area contributed by atoms with Gasteiger partial charge in [0.25, 0.3) is 0 Å². The van der Waals surface area contributed by atoms with Gasteiger partial charge in [-0.2, -0.15) is 0 Å². The third kappa shape index (κ3) is 5.66.